The number of aryl methyl sites for hydroxylation is 2. The summed E-state index contributed by atoms with van der Waals surface area (Å²) in [6.45, 7) is 11.7. The molecule has 0 aliphatic rings. The Morgan fingerprint density at radius 3 is 2.65 bits per heavy atom. The van der Waals surface area contributed by atoms with Gasteiger partial charge in [0.2, 0.25) is 0 Å². The molecule has 0 N–H and O–H groups in total. The number of hydrogen-bond acceptors (Lipinski definition) is 6. The first-order valence-electron chi connectivity index (χ1n) is 9.17. The summed E-state index contributed by atoms with van der Waals surface area (Å²) in [7, 11) is 0. The van der Waals surface area contributed by atoms with E-state index in [1.165, 1.54) is 30.1 Å². The van der Waals surface area contributed by atoms with Gasteiger partial charge in [-0.05, 0) is 68.9 Å². The van der Waals surface area contributed by atoms with Gasteiger partial charge in [-0.15, -0.1) is 10.2 Å². The molecule has 0 spiro atoms. The molecule has 1 unspecified atom stereocenters. The van der Waals surface area contributed by atoms with Crippen LogP contribution in [0, 0.1) is 25.2 Å². The van der Waals surface area contributed by atoms with E-state index in [1.807, 2.05) is 13.0 Å². The van der Waals surface area contributed by atoms with Gasteiger partial charge >= 0.3 is 0 Å². The van der Waals surface area contributed by atoms with E-state index in [0.29, 0.717) is 22.3 Å². The fourth-order valence-electron chi connectivity index (χ4n) is 2.74. The molecule has 138 valence electrons. The number of benzene rings is 1. The van der Waals surface area contributed by atoms with Crippen LogP contribution in [0.4, 0.5) is 16.4 Å². The van der Waals surface area contributed by atoms with Crippen molar-refractivity contribution in [3.63, 3.8) is 0 Å². The first-order valence-corrected chi connectivity index (χ1v) is 9.94. The third kappa shape index (κ3) is 4.67. The highest BCUT2D eigenvalue weighted by molar-refractivity contribution is 7.10. The van der Waals surface area contributed by atoms with E-state index >= 15 is 0 Å². The van der Waals surface area contributed by atoms with Crippen molar-refractivity contribution in [2.24, 2.45) is 10.2 Å². The zero-order chi connectivity index (χ0) is 19.1. The molecule has 0 bridgehead atoms. The van der Waals surface area contributed by atoms with Gasteiger partial charge in [-0.3, -0.25) is 0 Å². The quantitative estimate of drug-likeness (QED) is 0.502. The minimum Gasteiger partial charge on any atom is -0.369 e. The molecule has 0 saturated carbocycles. The fraction of sp³-hybridized carbons (Fsp3) is 0.500. The monoisotopic (exact) mass is 369 g/mol. The average Bonchev–Trinajstić information content (AvgIpc) is 3.00. The summed E-state index contributed by atoms with van der Waals surface area (Å²) in [4.78, 5) is 2.47. The summed E-state index contributed by atoms with van der Waals surface area (Å²) in [5, 5.41) is 18.4. The van der Waals surface area contributed by atoms with Gasteiger partial charge in [0.25, 0.3) is 0 Å². The van der Waals surface area contributed by atoms with E-state index in [1.54, 1.807) is 0 Å². The molecule has 0 saturated heterocycles. The first-order chi connectivity index (χ1) is 12.5. The van der Waals surface area contributed by atoms with Crippen LogP contribution < -0.4 is 4.90 Å². The lowest BCUT2D eigenvalue weighted by Crippen LogP contribution is -2.33. The highest BCUT2D eigenvalue weighted by Gasteiger charge is 2.14. The van der Waals surface area contributed by atoms with Crippen molar-refractivity contribution >= 4 is 27.9 Å². The second-order valence-corrected chi connectivity index (χ2v) is 7.29. The predicted molar refractivity (Wildman–Crippen MR) is 109 cm³/mol. The predicted octanol–water partition coefficient (Wildman–Crippen LogP) is 6.45. The van der Waals surface area contributed by atoms with Crippen LogP contribution in [0.5, 0.6) is 0 Å². The molecule has 5 nitrogen and oxygen atoms in total. The van der Waals surface area contributed by atoms with Gasteiger partial charge in [0.1, 0.15) is 11.6 Å². The second kappa shape index (κ2) is 9.44. The summed E-state index contributed by atoms with van der Waals surface area (Å²) in [6.07, 6.45) is 3.49. The van der Waals surface area contributed by atoms with Crippen LogP contribution in [-0.2, 0) is 0 Å². The maximum absolute atomic E-state index is 9.19. The normalized spacial score (nSPS) is 12.3. The number of nitrogens with zero attached hydrogens (tertiary/aromatic N) is 5. The number of hydrogen-bond donors (Lipinski definition) is 0. The molecule has 26 heavy (non-hydrogen) atoms. The van der Waals surface area contributed by atoms with Crippen LogP contribution >= 0.6 is 11.5 Å². The van der Waals surface area contributed by atoms with Gasteiger partial charge in [-0.1, -0.05) is 20.3 Å². The van der Waals surface area contributed by atoms with Crippen molar-refractivity contribution < 1.29 is 0 Å². The van der Waals surface area contributed by atoms with Crippen LogP contribution in [0.25, 0.3) is 0 Å². The summed E-state index contributed by atoms with van der Waals surface area (Å²) < 4.78 is 4.18. The molecule has 0 aliphatic carbocycles. The Balaban J connectivity index is 2.25. The second-order valence-electron chi connectivity index (χ2n) is 6.53. The number of nitriles is 1. The molecule has 0 fully saturated rings. The van der Waals surface area contributed by atoms with Crippen LogP contribution in [0.2, 0.25) is 0 Å². The van der Waals surface area contributed by atoms with E-state index in [0.717, 1.165) is 24.2 Å². The molecule has 0 aliphatic heterocycles. The highest BCUT2D eigenvalue weighted by atomic mass is 32.1. The molecule has 2 aromatic rings. The minimum absolute atomic E-state index is 0.506. The molecule has 1 heterocycles. The number of azo groups is 1. The lowest BCUT2D eigenvalue weighted by atomic mass is 10.1. The number of aromatic nitrogens is 1. The van der Waals surface area contributed by atoms with Gasteiger partial charge in [0.15, 0.2) is 5.00 Å². The van der Waals surface area contributed by atoms with Crippen molar-refractivity contribution in [1.29, 1.82) is 5.26 Å². The summed E-state index contributed by atoms with van der Waals surface area (Å²) in [6, 6.07) is 8.96. The Hall–Kier alpha value is -2.26. The molecule has 1 atom stereocenters. The van der Waals surface area contributed by atoms with E-state index < -0.39 is 0 Å². The van der Waals surface area contributed by atoms with E-state index in [4.69, 9.17) is 0 Å². The smallest absolute Gasteiger partial charge is 0.176 e. The first kappa shape index (κ1) is 20.1. The molecular formula is C20H27N5S. The Kier molecular flexibility index (Phi) is 7.28. The Morgan fingerprint density at radius 1 is 1.27 bits per heavy atom. The van der Waals surface area contributed by atoms with Crippen LogP contribution in [0.15, 0.2) is 28.4 Å². The van der Waals surface area contributed by atoms with Gasteiger partial charge in [-0.2, -0.15) is 9.64 Å². The van der Waals surface area contributed by atoms with Gasteiger partial charge in [0.05, 0.1) is 11.4 Å². The lowest BCUT2D eigenvalue weighted by Gasteiger charge is -2.31. The van der Waals surface area contributed by atoms with Gasteiger partial charge < -0.3 is 4.90 Å². The molecule has 1 aromatic carbocycles. The SMILES string of the molecule is CCCCN(c1ccc(N=Nc2snc(C)c2C#N)c(C)c1)C(C)CC. The maximum atomic E-state index is 9.19. The van der Waals surface area contributed by atoms with Gasteiger partial charge in [-0.25, -0.2) is 0 Å². The van der Waals surface area contributed by atoms with Crippen LogP contribution in [-0.4, -0.2) is 17.0 Å². The van der Waals surface area contributed by atoms with Crippen molar-refractivity contribution in [3.8, 4) is 6.07 Å². The molecular weight excluding hydrogens is 342 g/mol. The minimum atomic E-state index is 0.506. The summed E-state index contributed by atoms with van der Waals surface area (Å²) >= 11 is 1.21. The number of rotatable bonds is 8. The lowest BCUT2D eigenvalue weighted by molar-refractivity contribution is 0.595. The Bertz CT molecular complexity index is 803. The topological polar surface area (TPSA) is 64.6 Å². The Labute approximate surface area is 160 Å². The average molecular weight is 370 g/mol. The molecule has 0 radical (unpaired) electrons. The summed E-state index contributed by atoms with van der Waals surface area (Å²) in [5.41, 5.74) is 4.35. The number of unbranched alkanes of at least 4 members (excludes halogenated alkanes) is 1. The van der Waals surface area contributed by atoms with Crippen LogP contribution in [0.3, 0.4) is 0 Å². The molecule has 1 aromatic heterocycles. The largest absolute Gasteiger partial charge is 0.369 e. The van der Waals surface area contributed by atoms with Crippen molar-refractivity contribution in [1.82, 2.24) is 4.37 Å². The molecule has 6 heteroatoms. The standard InChI is InChI=1S/C20H27N5S/c1-6-8-11-25(15(4)7-2)17-9-10-19(14(3)12-17)22-23-20-18(13-21)16(5)24-26-20/h9-10,12,15H,6-8,11H2,1-5H3. The van der Waals surface area contributed by atoms with Crippen LogP contribution in [0.1, 0.15) is 56.9 Å². The highest BCUT2D eigenvalue weighted by Crippen LogP contribution is 2.31. The van der Waals surface area contributed by atoms with Crippen molar-refractivity contribution in [2.45, 2.75) is 59.9 Å². The maximum Gasteiger partial charge on any atom is 0.176 e. The van der Waals surface area contributed by atoms with Crippen molar-refractivity contribution in [2.75, 3.05) is 11.4 Å². The van der Waals surface area contributed by atoms with E-state index in [2.05, 4.69) is 65.4 Å². The zero-order valence-electron chi connectivity index (χ0n) is 16.3. The Morgan fingerprint density at radius 2 is 2.04 bits per heavy atom. The molecule has 0 amide bonds. The number of anilines is 1. The summed E-state index contributed by atoms with van der Waals surface area (Å²) in [5.74, 6) is 0. The van der Waals surface area contributed by atoms with E-state index in [-0.39, 0.29) is 0 Å². The third-order valence-corrected chi connectivity index (χ3v) is 5.42. The van der Waals surface area contributed by atoms with Gasteiger partial charge in [0, 0.05) is 18.3 Å². The third-order valence-electron chi connectivity index (χ3n) is 4.59. The zero-order valence-corrected chi connectivity index (χ0v) is 17.1. The fourth-order valence-corrected chi connectivity index (χ4v) is 3.41. The van der Waals surface area contributed by atoms with Crippen molar-refractivity contribution in [3.05, 3.63) is 35.0 Å². The van der Waals surface area contributed by atoms with E-state index in [9.17, 15) is 5.26 Å². The molecule has 2 rings (SSSR count).